The van der Waals surface area contributed by atoms with Crippen LogP contribution in [0, 0.1) is 0 Å². The number of aromatic nitrogens is 2. The molecule has 0 amide bonds. The van der Waals surface area contributed by atoms with Gasteiger partial charge in [-0.15, -0.1) is 0 Å². The van der Waals surface area contributed by atoms with E-state index in [1.807, 2.05) is 35.0 Å². The van der Waals surface area contributed by atoms with Crippen LogP contribution >= 0.6 is 11.6 Å². The quantitative estimate of drug-likeness (QED) is 0.435. The van der Waals surface area contributed by atoms with Crippen LogP contribution in [-0.4, -0.2) is 34.6 Å². The summed E-state index contributed by atoms with van der Waals surface area (Å²) in [6, 6.07) is 7.75. The van der Waals surface area contributed by atoms with E-state index < -0.39 is 5.79 Å². The summed E-state index contributed by atoms with van der Waals surface area (Å²) in [7, 11) is 0. The fourth-order valence-corrected chi connectivity index (χ4v) is 2.90. The molecular formula is C16H18ClN5O2. The first-order valence-electron chi connectivity index (χ1n) is 7.72. The van der Waals surface area contributed by atoms with E-state index in [4.69, 9.17) is 26.6 Å². The Labute approximate surface area is 144 Å². The second-order valence-electron chi connectivity index (χ2n) is 5.74. The molecule has 0 spiro atoms. The average Bonchev–Trinajstić information content (AvgIpc) is 3.23. The Hall–Kier alpha value is -2.05. The molecule has 24 heavy (non-hydrogen) atoms. The molecule has 2 heterocycles. The van der Waals surface area contributed by atoms with E-state index in [9.17, 15) is 0 Å². The van der Waals surface area contributed by atoms with Crippen LogP contribution < -0.4 is 0 Å². The Kier molecular flexibility index (Phi) is 5.37. The van der Waals surface area contributed by atoms with E-state index >= 15 is 0 Å². The van der Waals surface area contributed by atoms with Gasteiger partial charge in [-0.1, -0.05) is 28.8 Å². The van der Waals surface area contributed by atoms with Crippen molar-refractivity contribution < 1.29 is 9.47 Å². The van der Waals surface area contributed by atoms with Crippen molar-refractivity contribution >= 4 is 11.6 Å². The third-order valence-electron chi connectivity index (χ3n) is 3.95. The molecule has 2 aromatic rings. The van der Waals surface area contributed by atoms with Gasteiger partial charge in [-0.25, -0.2) is 4.98 Å². The number of benzene rings is 1. The van der Waals surface area contributed by atoms with Crippen molar-refractivity contribution in [3.63, 3.8) is 0 Å². The maximum Gasteiger partial charge on any atom is 0.187 e. The minimum Gasteiger partial charge on any atom is -0.345 e. The zero-order valence-electron chi connectivity index (χ0n) is 13.1. The van der Waals surface area contributed by atoms with Crippen LogP contribution in [0.3, 0.4) is 0 Å². The molecule has 2 atom stereocenters. The number of imidazole rings is 1. The van der Waals surface area contributed by atoms with E-state index in [0.29, 0.717) is 19.6 Å². The molecule has 8 heteroatoms. The molecular weight excluding hydrogens is 330 g/mol. The molecule has 0 unspecified atom stereocenters. The van der Waals surface area contributed by atoms with Crippen molar-refractivity contribution in [3.8, 4) is 0 Å². The Bertz CT molecular complexity index is 700. The van der Waals surface area contributed by atoms with Crippen molar-refractivity contribution in [1.82, 2.24) is 9.55 Å². The van der Waals surface area contributed by atoms with Gasteiger partial charge in [-0.2, -0.15) is 0 Å². The van der Waals surface area contributed by atoms with Gasteiger partial charge in [-0.3, -0.25) is 0 Å². The Morgan fingerprint density at radius 3 is 2.96 bits per heavy atom. The number of nitrogens with zero attached hydrogens (tertiary/aromatic N) is 5. The lowest BCUT2D eigenvalue weighted by atomic mass is 10.0. The summed E-state index contributed by atoms with van der Waals surface area (Å²) >= 11 is 5.93. The van der Waals surface area contributed by atoms with E-state index in [-0.39, 0.29) is 12.6 Å². The van der Waals surface area contributed by atoms with Crippen molar-refractivity contribution in [2.45, 2.75) is 31.3 Å². The number of aryl methyl sites for hydroxylation is 1. The highest BCUT2D eigenvalue weighted by atomic mass is 35.5. The summed E-state index contributed by atoms with van der Waals surface area (Å²) in [5, 5.41) is 4.30. The van der Waals surface area contributed by atoms with Crippen LogP contribution in [0.5, 0.6) is 0 Å². The topological polar surface area (TPSA) is 85.0 Å². The highest BCUT2D eigenvalue weighted by molar-refractivity contribution is 6.30. The van der Waals surface area contributed by atoms with E-state index in [0.717, 1.165) is 17.0 Å². The van der Waals surface area contributed by atoms with Crippen molar-refractivity contribution in [1.29, 1.82) is 0 Å². The minimum atomic E-state index is -0.754. The summed E-state index contributed by atoms with van der Waals surface area (Å²) in [4.78, 5) is 6.85. The Morgan fingerprint density at radius 1 is 1.42 bits per heavy atom. The molecule has 1 aliphatic heterocycles. The first-order chi connectivity index (χ1) is 11.7. The van der Waals surface area contributed by atoms with Crippen LogP contribution in [-0.2, 0) is 22.4 Å². The lowest BCUT2D eigenvalue weighted by Crippen LogP contribution is -2.37. The number of hydrogen-bond acceptors (Lipinski definition) is 4. The van der Waals surface area contributed by atoms with Crippen molar-refractivity contribution in [3.05, 3.63) is 64.0 Å². The molecule has 0 radical (unpaired) electrons. The lowest BCUT2D eigenvalue weighted by molar-refractivity contribution is -0.181. The van der Waals surface area contributed by atoms with Crippen LogP contribution in [0.4, 0.5) is 0 Å². The number of halogens is 1. The van der Waals surface area contributed by atoms with Gasteiger partial charge in [0.25, 0.3) is 0 Å². The molecule has 0 aliphatic carbocycles. The van der Waals surface area contributed by atoms with Crippen LogP contribution in [0.15, 0.2) is 48.1 Å². The third-order valence-corrected chi connectivity index (χ3v) is 4.20. The molecule has 126 valence electrons. The number of rotatable bonds is 7. The third kappa shape index (κ3) is 4.27. The predicted molar refractivity (Wildman–Crippen MR) is 89.6 cm³/mol. The largest absolute Gasteiger partial charge is 0.345 e. The highest BCUT2D eigenvalue weighted by Crippen LogP contribution is 2.31. The van der Waals surface area contributed by atoms with Gasteiger partial charge in [0.2, 0.25) is 0 Å². The Morgan fingerprint density at radius 2 is 2.25 bits per heavy atom. The first kappa shape index (κ1) is 16.8. The van der Waals surface area contributed by atoms with Gasteiger partial charge in [0.05, 0.1) is 32.1 Å². The summed E-state index contributed by atoms with van der Waals surface area (Å²) in [6.07, 6.45) is 6.57. The number of ether oxygens (including phenoxy) is 2. The lowest BCUT2D eigenvalue weighted by Gasteiger charge is -2.28. The number of hydrogen-bond donors (Lipinski definition) is 0. The normalized spacial score (nSPS) is 23.1. The standard InChI is InChI=1S/C16H18ClN5O2/c17-14-3-1-13(2-4-14)5-6-16(11-22-8-7-19-12-22)23-10-15(24-16)9-20-21-18/h1-4,7-8,12,15H,5-6,9-11H2/t15-,16-/m1/s1. The van der Waals surface area contributed by atoms with Gasteiger partial charge >= 0.3 is 0 Å². The molecule has 0 bridgehead atoms. The zero-order valence-corrected chi connectivity index (χ0v) is 13.8. The molecule has 7 nitrogen and oxygen atoms in total. The minimum absolute atomic E-state index is 0.227. The summed E-state index contributed by atoms with van der Waals surface area (Å²) in [5.74, 6) is -0.754. The molecule has 1 aromatic carbocycles. The molecule has 3 rings (SSSR count). The summed E-state index contributed by atoms with van der Waals surface area (Å²) in [6.45, 7) is 1.21. The highest BCUT2D eigenvalue weighted by Gasteiger charge is 2.41. The van der Waals surface area contributed by atoms with E-state index in [2.05, 4.69) is 15.0 Å². The average molecular weight is 348 g/mol. The fraction of sp³-hybridized carbons (Fsp3) is 0.438. The maximum atomic E-state index is 8.48. The fourth-order valence-electron chi connectivity index (χ4n) is 2.77. The van der Waals surface area contributed by atoms with E-state index in [1.54, 1.807) is 12.5 Å². The van der Waals surface area contributed by atoms with Crippen LogP contribution in [0.1, 0.15) is 12.0 Å². The van der Waals surface area contributed by atoms with Crippen LogP contribution in [0.2, 0.25) is 5.02 Å². The molecule has 0 saturated carbocycles. The van der Waals surface area contributed by atoms with Gasteiger partial charge in [0.15, 0.2) is 5.79 Å². The molecule has 0 N–H and O–H groups in total. The van der Waals surface area contributed by atoms with Crippen molar-refractivity contribution in [2.75, 3.05) is 13.2 Å². The number of azide groups is 1. The van der Waals surface area contributed by atoms with Gasteiger partial charge < -0.3 is 14.0 Å². The Balaban J connectivity index is 1.70. The van der Waals surface area contributed by atoms with Crippen molar-refractivity contribution in [2.24, 2.45) is 5.11 Å². The van der Waals surface area contributed by atoms with Gasteiger partial charge in [0.1, 0.15) is 0 Å². The van der Waals surface area contributed by atoms with Gasteiger partial charge in [0, 0.05) is 28.7 Å². The zero-order chi connectivity index (χ0) is 16.8. The smallest absolute Gasteiger partial charge is 0.187 e. The second-order valence-corrected chi connectivity index (χ2v) is 6.17. The van der Waals surface area contributed by atoms with Gasteiger partial charge in [-0.05, 0) is 29.6 Å². The summed E-state index contributed by atoms with van der Waals surface area (Å²) in [5.41, 5.74) is 9.64. The SMILES string of the molecule is [N-]=[N+]=NC[C@@H]1CO[C@@](CCc2ccc(Cl)cc2)(Cn2ccnc2)O1. The monoisotopic (exact) mass is 347 g/mol. The maximum absolute atomic E-state index is 8.48. The van der Waals surface area contributed by atoms with Crippen LogP contribution in [0.25, 0.3) is 10.4 Å². The molecule has 1 fully saturated rings. The first-order valence-corrected chi connectivity index (χ1v) is 8.10. The molecule has 1 aromatic heterocycles. The molecule has 1 saturated heterocycles. The molecule has 1 aliphatic rings. The second kappa shape index (κ2) is 7.68. The van der Waals surface area contributed by atoms with E-state index in [1.165, 1.54) is 0 Å². The predicted octanol–water partition coefficient (Wildman–Crippen LogP) is 3.59. The summed E-state index contributed by atoms with van der Waals surface area (Å²) < 4.78 is 14.0.